The van der Waals surface area contributed by atoms with Crippen LogP contribution in [-0.2, 0) is 134 Å². The molecular formula is C40H66N22O47P12S. The first kappa shape index (κ1) is 101. The maximum atomic E-state index is 11.8. The van der Waals surface area contributed by atoms with Crippen LogP contribution in [0.25, 0.3) is 44.7 Å². The highest BCUT2D eigenvalue weighted by Crippen LogP contribution is 2.70. The Bertz CT molecular complexity index is 5550. The Morgan fingerprint density at radius 1 is 0.352 bits per heavy atom. The average Bonchev–Trinajstić information content (AvgIpc) is 1.63. The third-order valence-corrected chi connectivity index (χ3v) is 31.3. The Balaban J connectivity index is 0.000000185. The number of nitrogens with two attached hydrogens (primary N) is 6. The summed E-state index contributed by atoms with van der Waals surface area (Å²) in [6, 6.07) is -1.79. The van der Waals surface area contributed by atoms with E-state index in [0.717, 1.165) is 6.33 Å². The highest BCUT2D eigenvalue weighted by atomic mass is 32.5. The molecule has 8 aromatic rings. The van der Waals surface area contributed by atoms with Crippen LogP contribution in [0, 0.1) is 0 Å². The Kier molecular flexibility index (Phi) is 32.0. The highest BCUT2D eigenvalue weighted by molar-refractivity contribution is 8.08. The maximum Gasteiger partial charge on any atom is 0.490 e. The third-order valence-electron chi connectivity index (χ3n) is 15.2. The molecule has 8 aromatic heterocycles. The van der Waals surface area contributed by atoms with Gasteiger partial charge >= 0.3 is 92.8 Å². The summed E-state index contributed by atoms with van der Waals surface area (Å²) in [5.41, 5.74) is 36.8. The summed E-state index contributed by atoms with van der Waals surface area (Å²) in [4.78, 5) is 190. The molecule has 12 heterocycles. The van der Waals surface area contributed by atoms with Gasteiger partial charge in [-0.05, 0) is 11.8 Å². The van der Waals surface area contributed by atoms with E-state index in [1.54, 1.807) is 0 Å². The molecule has 69 nitrogen and oxygen atoms in total. The zero-order valence-electron chi connectivity index (χ0n) is 59.3. The Morgan fingerprint density at radius 3 is 1.07 bits per heavy atom. The van der Waals surface area contributed by atoms with E-state index in [9.17, 15) is 95.1 Å². The van der Waals surface area contributed by atoms with E-state index >= 15 is 0 Å². The summed E-state index contributed by atoms with van der Waals surface area (Å²) >= 11 is 4.48. The number of phosphoric ester groups is 3. The minimum atomic E-state index is -5.68. The molecular weight excluding hydrogens is 1940 g/mol. The van der Waals surface area contributed by atoms with Crippen LogP contribution in [0.5, 0.6) is 0 Å². The molecule has 0 saturated carbocycles. The molecule has 32 N–H and O–H groups in total. The van der Waals surface area contributed by atoms with E-state index < -0.39 is 205 Å². The first-order chi connectivity index (χ1) is 55.9. The van der Waals surface area contributed by atoms with Gasteiger partial charge in [-0.1, -0.05) is 0 Å². The molecule has 4 fully saturated rings. The molecule has 12 rings (SSSR count). The minimum Gasteiger partial charge on any atom is -0.389 e. The van der Waals surface area contributed by atoms with E-state index in [1.165, 1.54) is 62.6 Å². The van der Waals surface area contributed by atoms with Gasteiger partial charge in [0, 0.05) is 18.9 Å². The predicted octanol–water partition coefficient (Wildman–Crippen LogP) is -4.41. The number of ether oxygens (including phenoxy) is 4. The largest absolute Gasteiger partial charge is 0.490 e. The van der Waals surface area contributed by atoms with Crippen molar-refractivity contribution in [1.29, 1.82) is 0 Å². The summed E-state index contributed by atoms with van der Waals surface area (Å²) in [6.07, 6.45) is -4.17. The molecule has 0 amide bonds. The number of nitrogens with zero attached hydrogens (tertiary/aromatic N) is 16. The Hall–Kier alpha value is -4.94. The van der Waals surface area contributed by atoms with Crippen molar-refractivity contribution in [2.24, 2.45) is 11.5 Å². The van der Waals surface area contributed by atoms with Gasteiger partial charge in [-0.3, -0.25) is 31.8 Å². The highest BCUT2D eigenvalue weighted by Gasteiger charge is 2.51. The van der Waals surface area contributed by atoms with Gasteiger partial charge in [0.25, 0.3) is 0 Å². The van der Waals surface area contributed by atoms with Gasteiger partial charge in [0.2, 0.25) is 0 Å². The third kappa shape index (κ3) is 28.0. The maximum absolute atomic E-state index is 11.8. The van der Waals surface area contributed by atoms with E-state index in [-0.39, 0.29) is 69.6 Å². The van der Waals surface area contributed by atoms with Gasteiger partial charge < -0.3 is 157 Å². The quantitative estimate of drug-likeness (QED) is 0.0177. The average molecular weight is 2010 g/mol. The number of anilines is 4. The number of fused-ring (bicyclic) bond motifs is 4. The molecule has 0 spiro atoms. The van der Waals surface area contributed by atoms with Crippen molar-refractivity contribution in [2.45, 2.75) is 98.7 Å². The monoisotopic (exact) mass is 2010 g/mol. The second-order valence-corrected chi connectivity index (χ2v) is 43.1. The van der Waals surface area contributed by atoms with Crippen molar-refractivity contribution in [3.63, 3.8) is 0 Å². The molecule has 4 saturated heterocycles. The molecule has 4 aliphatic rings. The van der Waals surface area contributed by atoms with Crippen LogP contribution < -0.4 is 34.4 Å². The van der Waals surface area contributed by atoms with E-state index in [4.69, 9.17) is 112 Å². The Morgan fingerprint density at radius 2 is 0.672 bits per heavy atom. The van der Waals surface area contributed by atoms with Crippen LogP contribution in [-0.4, -0.2) is 264 Å². The molecule has 22 unspecified atom stereocenters. The number of hydrogen-bond donors (Lipinski definition) is 26. The van der Waals surface area contributed by atoms with Gasteiger partial charge in [0.1, 0.15) is 90.2 Å². The van der Waals surface area contributed by atoms with Gasteiger partial charge in [-0.25, -0.2) is 114 Å². The molecule has 684 valence electrons. The zero-order valence-corrected chi connectivity index (χ0v) is 70.9. The zero-order chi connectivity index (χ0) is 91.0. The SMILES string of the molecule is Nc1ncnc2c1ncn2C1CC(N)C(COP(=O)(O)OP(=O)(O)OP(=O)(O)O)O1.Nc1ncnc2c1ncn2C1OC(COP(=O)(O)OP(=O)(O)OP(=O)(O)O)C(O)C1N.Nc1ncnc2c1ncn2C1OC(COP(=O)(O)OP(=O)(O)OP(=O)(O)O)CC1O.Nc1ncnc2c1ncn2C1OC(COP(O)(=S)OP(=O)(O)OP(=O)(O)O)C(O)C1O. The van der Waals surface area contributed by atoms with E-state index in [1.807, 2.05) is 0 Å². The number of aliphatic hydroxyl groups excluding tert-OH is 4. The van der Waals surface area contributed by atoms with Crippen LogP contribution in [0.15, 0.2) is 50.6 Å². The molecule has 0 bridgehead atoms. The fourth-order valence-electron chi connectivity index (χ4n) is 10.6. The summed E-state index contributed by atoms with van der Waals surface area (Å²) in [7, 11) is -60.3. The number of imidazole rings is 4. The normalized spacial score (nSPS) is 27.5. The van der Waals surface area contributed by atoms with Gasteiger partial charge in [-0.2, -0.15) is 30.2 Å². The van der Waals surface area contributed by atoms with Gasteiger partial charge in [-0.15, -0.1) is 0 Å². The lowest BCUT2D eigenvalue weighted by Crippen LogP contribution is -2.40. The number of aromatic nitrogens is 16. The summed E-state index contributed by atoms with van der Waals surface area (Å²) in [5, 5.41) is 41.0. The van der Waals surface area contributed by atoms with Crippen LogP contribution in [0.4, 0.5) is 23.3 Å². The molecule has 122 heavy (non-hydrogen) atoms. The molecule has 0 radical (unpaired) electrons. The van der Waals surface area contributed by atoms with Crippen LogP contribution >= 0.6 is 92.8 Å². The van der Waals surface area contributed by atoms with Crippen molar-refractivity contribution < 1.29 is 220 Å². The molecule has 4 aliphatic heterocycles. The Labute approximate surface area is 678 Å². The summed E-state index contributed by atoms with van der Waals surface area (Å²) in [6.45, 7) is -7.58. The fourth-order valence-corrected chi connectivity index (χ4v) is 23.6. The topological polar surface area (TPSA) is 1070 Å². The smallest absolute Gasteiger partial charge is 0.389 e. The lowest BCUT2D eigenvalue weighted by atomic mass is 10.1. The molecule has 82 heteroatoms. The van der Waals surface area contributed by atoms with Crippen molar-refractivity contribution in [1.82, 2.24) is 78.1 Å². The molecule has 22 atom stereocenters. The van der Waals surface area contributed by atoms with Crippen molar-refractivity contribution in [3.05, 3.63) is 50.6 Å². The fraction of sp³-hybridized carbons (Fsp3) is 0.500. The van der Waals surface area contributed by atoms with Crippen molar-refractivity contribution >= 4 is 173 Å². The van der Waals surface area contributed by atoms with Crippen molar-refractivity contribution in [2.75, 3.05) is 49.4 Å². The van der Waals surface area contributed by atoms with Crippen LogP contribution in [0.2, 0.25) is 0 Å². The predicted molar refractivity (Wildman–Crippen MR) is 390 cm³/mol. The van der Waals surface area contributed by atoms with Gasteiger partial charge in [0.15, 0.2) is 64.5 Å². The first-order valence-electron chi connectivity index (χ1n) is 31.6. The van der Waals surface area contributed by atoms with Crippen LogP contribution in [0.3, 0.4) is 0 Å². The van der Waals surface area contributed by atoms with Gasteiger partial charge in [0.05, 0.1) is 70.0 Å². The number of rotatable bonds is 32. The second kappa shape index (κ2) is 38.8. The van der Waals surface area contributed by atoms with Crippen LogP contribution in [0.1, 0.15) is 37.8 Å². The second-order valence-electron chi connectivity index (χ2n) is 24.0. The minimum absolute atomic E-state index is 0.0701. The molecule has 0 aliphatic carbocycles. The lowest BCUT2D eigenvalue weighted by molar-refractivity contribution is -0.0486. The first-order valence-corrected chi connectivity index (χ1v) is 50.8. The number of phosphoric acid groups is 11. The number of hydrogen-bond acceptors (Lipinski definition) is 50. The number of nitrogen functional groups attached to an aromatic ring is 4. The van der Waals surface area contributed by atoms with E-state index in [0.29, 0.717) is 11.2 Å². The summed E-state index contributed by atoms with van der Waals surface area (Å²) in [5.74, 6) is 0.418. The van der Waals surface area contributed by atoms with E-state index in [2.05, 4.69) is 120 Å². The standard InChI is InChI=1S/C10H17N6O12P3.C10H17N6O11P3.C10H16N5O12P3S.C10H16N5O12P3/c11-5-7(17)4(1-25-30(21,22)28-31(23,24)27-29(18,19)20)26-10(5)16-3-15-6-8(12)13-2-14-9(6)16;11-5-1-7(16-4-15-8-9(12)13-3-14-10(8)16)25-6(5)2-24-29(20,21)27-30(22,23)26-28(17,18)19;11-8-5-9(13-2-12-8)15(3-14-5)10-7(17)6(16)4(25-10)1-24-30(23,31)27-29(21,22)26-28(18,19)20;11-8-7-9(13-3-12-8)15(4-14-7)10-6(16)1-5(25-10)2-24-29(20,21)27-30(22,23)26-28(17,18)19/h2-5,7,10,17H,1,11H2,(H,21,22)(H,23,24)(H2,12,13,14)(H2,18,19,20);3-7H,1-2,11H2,(H,20,21)(H,22,23)(H2,12,13,14)(H2,17,18,19);2-4,6-7,10,16-17H,1H2,(H,21,22)(H,23,31)(H2,11,12,13)(H2,18,19,20);3-6,10,16H,1-2H2,(H,20,21)(H,22,23)(H2,11,12,13)(H2,17,18,19). The van der Waals surface area contributed by atoms with Crippen molar-refractivity contribution in [3.8, 4) is 0 Å². The number of aliphatic hydroxyl groups is 4. The molecule has 0 aromatic carbocycles. The summed E-state index contributed by atoms with van der Waals surface area (Å²) < 4.78 is 199. The lowest BCUT2D eigenvalue weighted by Gasteiger charge is -2.21.